The highest BCUT2D eigenvalue weighted by atomic mass is 31.2. The van der Waals surface area contributed by atoms with Crippen LogP contribution >= 0.6 is 8.53 Å². The molecule has 2 aliphatic rings. The van der Waals surface area contributed by atoms with Crippen molar-refractivity contribution >= 4 is 40.8 Å². The number of nitriles is 1. The van der Waals surface area contributed by atoms with Gasteiger partial charge in [-0.2, -0.15) is 5.26 Å². The van der Waals surface area contributed by atoms with Gasteiger partial charge in [0.1, 0.15) is 41.0 Å². The first-order valence-corrected chi connectivity index (χ1v) is 22.5. The highest BCUT2D eigenvalue weighted by molar-refractivity contribution is 7.44. The van der Waals surface area contributed by atoms with Crippen molar-refractivity contribution in [2.75, 3.05) is 34.0 Å². The number of fused-ring (bicyclic) bond motifs is 2. The van der Waals surface area contributed by atoms with Crippen LogP contribution in [-0.2, 0) is 28.9 Å². The van der Waals surface area contributed by atoms with E-state index in [0.29, 0.717) is 0 Å². The molecule has 318 valence electrons. The molecule has 2 fully saturated rings. The lowest BCUT2D eigenvalue weighted by Crippen LogP contribution is -2.49. The monoisotopic (exact) mass is 848 g/mol. The molecule has 0 saturated carbocycles. The van der Waals surface area contributed by atoms with E-state index in [0.717, 1.165) is 39.1 Å². The quantitative estimate of drug-likeness (QED) is 0.0384. The summed E-state index contributed by atoms with van der Waals surface area (Å²) in [4.78, 5) is 0. The van der Waals surface area contributed by atoms with Crippen molar-refractivity contribution in [3.05, 3.63) is 156 Å². The number of nitrogens with zero attached hydrogens (tertiary/aromatic N) is 2. The normalized spacial score (nSPS) is 20.5. The molecule has 1 unspecified atom stereocenters. The topological polar surface area (TPSA) is 91.6 Å². The van der Waals surface area contributed by atoms with Gasteiger partial charge in [0.25, 0.3) is 8.53 Å². The molecule has 2 saturated heterocycles. The van der Waals surface area contributed by atoms with Crippen LogP contribution in [0.25, 0.3) is 32.3 Å². The van der Waals surface area contributed by atoms with Gasteiger partial charge in [-0.15, -0.1) is 0 Å². The van der Waals surface area contributed by atoms with Crippen LogP contribution in [0.15, 0.2) is 133 Å². The summed E-state index contributed by atoms with van der Waals surface area (Å²) in [5.41, 5.74) is 1.61. The lowest BCUT2D eigenvalue weighted by atomic mass is 9.79. The predicted molar refractivity (Wildman–Crippen MR) is 245 cm³/mol. The average molecular weight is 849 g/mol. The zero-order valence-corrected chi connectivity index (χ0v) is 37.0. The molecule has 9 rings (SSSR count). The second-order valence-electron chi connectivity index (χ2n) is 16.8. The first-order chi connectivity index (χ1) is 30.2. The molecule has 2 bridgehead atoms. The van der Waals surface area contributed by atoms with Crippen LogP contribution in [0.4, 0.5) is 0 Å². The Morgan fingerprint density at radius 2 is 1.31 bits per heavy atom. The van der Waals surface area contributed by atoms with Crippen LogP contribution in [-0.4, -0.2) is 68.6 Å². The van der Waals surface area contributed by atoms with Gasteiger partial charge >= 0.3 is 0 Å². The van der Waals surface area contributed by atoms with Crippen LogP contribution in [0.2, 0.25) is 0 Å². The fraction of sp³-hybridized carbons (Fsp3) is 0.327. The molecule has 0 aromatic heterocycles. The van der Waals surface area contributed by atoms with E-state index in [4.69, 9.17) is 32.7 Å². The summed E-state index contributed by atoms with van der Waals surface area (Å²) >= 11 is 0. The maximum atomic E-state index is 9.54. The van der Waals surface area contributed by atoms with Crippen molar-refractivity contribution in [2.24, 2.45) is 0 Å². The number of rotatable bonds is 17. The largest absolute Gasteiger partial charge is 0.497 e. The van der Waals surface area contributed by atoms with Crippen LogP contribution in [0.3, 0.4) is 0 Å². The van der Waals surface area contributed by atoms with Crippen molar-refractivity contribution in [2.45, 2.75) is 75.7 Å². The lowest BCUT2D eigenvalue weighted by Gasteiger charge is -2.41. The van der Waals surface area contributed by atoms with E-state index < -0.39 is 38.0 Å². The molecular formula is C52H53N2O7P. The van der Waals surface area contributed by atoms with Gasteiger partial charge in [-0.25, -0.2) is 4.67 Å². The van der Waals surface area contributed by atoms with E-state index in [1.807, 2.05) is 42.5 Å². The summed E-state index contributed by atoms with van der Waals surface area (Å²) < 4.78 is 49.4. The molecule has 62 heavy (non-hydrogen) atoms. The SMILES string of the molecule is COc1ccc(C(OC[C@@]23CO[C@@H]([C@H](c4ccc5ccc6cccc7ccc4c5c67)O2)[C@@H]3OP(OCCC#N)N(C(C)C)C(C)C)(c2ccccc2)c2ccc(OC)cc2)cc1. The van der Waals surface area contributed by atoms with E-state index in [1.165, 1.54) is 26.9 Å². The van der Waals surface area contributed by atoms with Crippen LogP contribution in [0, 0.1) is 11.3 Å². The molecule has 9 nitrogen and oxygen atoms in total. The summed E-state index contributed by atoms with van der Waals surface area (Å²) in [7, 11) is 1.67. The number of hydrogen-bond acceptors (Lipinski definition) is 9. The zero-order valence-electron chi connectivity index (χ0n) is 36.1. The Hall–Kier alpha value is -5.14. The molecule has 7 aromatic carbocycles. The van der Waals surface area contributed by atoms with E-state index in [1.54, 1.807) is 14.2 Å². The maximum Gasteiger partial charge on any atom is 0.259 e. The number of benzene rings is 7. The predicted octanol–water partition coefficient (Wildman–Crippen LogP) is 11.5. The highest BCUT2D eigenvalue weighted by Gasteiger charge is 2.65. The van der Waals surface area contributed by atoms with Crippen molar-refractivity contribution in [1.29, 1.82) is 5.26 Å². The van der Waals surface area contributed by atoms with Crippen LogP contribution in [0.5, 0.6) is 11.5 Å². The van der Waals surface area contributed by atoms with Gasteiger partial charge in [0.05, 0.1) is 46.5 Å². The standard InChI is InChI=1S/C52H53N2O7P/c1-34(2)54(35(3)4)62(59-31-11-30-53)61-50-49-48(45-29-19-38-17-16-36-12-10-13-37-18-28-44(45)47(38)46(36)37)60-51(50,32-57-49)33-58-52(39-14-8-7-9-15-39,40-20-24-42(55-5)25-21-40)41-22-26-43(56-6)27-23-41/h7-10,12-29,34-35,48-50H,11,31-33H2,1-6H3/t48-,49-,50-,51+,62?/m0/s1. The van der Waals surface area contributed by atoms with Crippen molar-refractivity contribution in [1.82, 2.24) is 4.67 Å². The van der Waals surface area contributed by atoms with E-state index in [9.17, 15) is 5.26 Å². The Morgan fingerprint density at radius 3 is 1.90 bits per heavy atom. The van der Waals surface area contributed by atoms with Gasteiger partial charge in [0, 0.05) is 12.1 Å². The molecule has 2 aliphatic heterocycles. The first-order valence-electron chi connectivity index (χ1n) is 21.4. The zero-order chi connectivity index (χ0) is 43.0. The fourth-order valence-electron chi connectivity index (χ4n) is 9.63. The Balaban J connectivity index is 1.19. The minimum absolute atomic E-state index is 0.0977. The minimum Gasteiger partial charge on any atom is -0.497 e. The Labute approximate surface area is 365 Å². The summed E-state index contributed by atoms with van der Waals surface area (Å²) in [5, 5.41) is 16.7. The first kappa shape index (κ1) is 42.2. The van der Waals surface area contributed by atoms with Crippen molar-refractivity contribution in [3.8, 4) is 17.6 Å². The molecule has 7 aromatic rings. The maximum absolute atomic E-state index is 9.54. The molecule has 0 aliphatic carbocycles. The van der Waals surface area contributed by atoms with Gasteiger partial charge < -0.3 is 32.7 Å². The third-order valence-electron chi connectivity index (χ3n) is 12.4. The van der Waals surface area contributed by atoms with Gasteiger partial charge in [-0.05, 0) is 107 Å². The number of ether oxygens (including phenoxy) is 5. The highest BCUT2D eigenvalue weighted by Crippen LogP contribution is 2.58. The number of methoxy groups -OCH3 is 2. The van der Waals surface area contributed by atoms with Gasteiger partial charge in [0.2, 0.25) is 0 Å². The second kappa shape index (κ2) is 17.6. The van der Waals surface area contributed by atoms with Gasteiger partial charge in [-0.3, -0.25) is 0 Å². The third-order valence-corrected chi connectivity index (χ3v) is 14.6. The average Bonchev–Trinajstić information content (AvgIpc) is 3.79. The second-order valence-corrected chi connectivity index (χ2v) is 18.2. The Kier molecular flexibility index (Phi) is 11.9. The Morgan fingerprint density at radius 1 is 0.726 bits per heavy atom. The van der Waals surface area contributed by atoms with E-state index >= 15 is 0 Å². The smallest absolute Gasteiger partial charge is 0.259 e. The molecule has 0 radical (unpaired) electrons. The lowest BCUT2D eigenvalue weighted by molar-refractivity contribution is -0.183. The molecule has 0 N–H and O–H groups in total. The van der Waals surface area contributed by atoms with Gasteiger partial charge in [-0.1, -0.05) is 109 Å². The summed E-state index contributed by atoms with van der Waals surface area (Å²) in [6.07, 6.45) is -1.33. The minimum atomic E-state index is -1.67. The van der Waals surface area contributed by atoms with E-state index in [2.05, 4.69) is 129 Å². The molecule has 2 heterocycles. The van der Waals surface area contributed by atoms with Crippen molar-refractivity contribution < 1.29 is 32.7 Å². The van der Waals surface area contributed by atoms with Crippen molar-refractivity contribution in [3.63, 3.8) is 0 Å². The summed E-state index contributed by atoms with van der Waals surface area (Å²) in [6.45, 7) is 9.17. The molecule has 0 amide bonds. The Bertz CT molecular complexity index is 2600. The van der Waals surface area contributed by atoms with E-state index in [-0.39, 0.29) is 38.3 Å². The fourth-order valence-corrected chi connectivity index (χ4v) is 11.4. The van der Waals surface area contributed by atoms with Crippen LogP contribution < -0.4 is 9.47 Å². The summed E-state index contributed by atoms with van der Waals surface area (Å²) in [5.74, 6) is 1.48. The third kappa shape index (κ3) is 7.38. The molecular weight excluding hydrogens is 796 g/mol. The van der Waals surface area contributed by atoms with Gasteiger partial charge in [0.15, 0.2) is 0 Å². The molecule has 10 heteroatoms. The molecule has 5 atom stereocenters. The molecule has 0 spiro atoms. The summed E-state index contributed by atoms with van der Waals surface area (Å²) in [6, 6.07) is 48.5. The number of hydrogen-bond donors (Lipinski definition) is 0. The van der Waals surface area contributed by atoms with Crippen LogP contribution in [0.1, 0.15) is 62.5 Å².